The van der Waals surface area contributed by atoms with Gasteiger partial charge >= 0.3 is 0 Å². The maximum Gasteiger partial charge on any atom is 0.187 e. The quantitative estimate of drug-likeness (QED) is 0.215. The largest absolute Gasteiger partial charge is 0.267 e. The minimum absolute atomic E-state index is 0. The molecule has 0 heterocycles. The minimum Gasteiger partial charge on any atom is -0.267 e. The topological polar surface area (TPSA) is 54.1 Å². The van der Waals surface area contributed by atoms with Gasteiger partial charge in [0, 0.05) is 27.1 Å². The molecule has 5 heavy (non-hydrogen) atoms. The molecule has 0 aromatic carbocycles. The molecule has 0 atom stereocenters. The molecule has 0 aromatic heterocycles. The van der Waals surface area contributed by atoms with E-state index >= 15 is 0 Å². The Morgan fingerprint density at radius 3 is 1.60 bits per heavy atom. The fraction of sp³-hybridized carbons (Fsp3) is 0. The summed E-state index contributed by atoms with van der Waals surface area (Å²) >= 11 is 0. The number of nitrogens with one attached hydrogen (secondary N) is 1. The van der Waals surface area contributed by atoms with Crippen molar-refractivity contribution in [3.63, 3.8) is 0 Å². The Hall–Kier alpha value is 0.647. The summed E-state index contributed by atoms with van der Waals surface area (Å²) in [5.74, 6) is 0. The second-order valence-corrected chi connectivity index (χ2v) is 0.0833. The van der Waals surface area contributed by atoms with Crippen LogP contribution in [0.1, 0.15) is 0 Å². The van der Waals surface area contributed by atoms with Gasteiger partial charge in [-0.05, 0) is 0 Å². The molecule has 28 valence electrons. The van der Waals surface area contributed by atoms with Crippen molar-refractivity contribution in [1.82, 2.24) is 0 Å². The molecule has 0 aromatic rings. The molecule has 0 bridgehead atoms. The predicted molar refractivity (Wildman–Crippen MR) is 17.6 cm³/mol. The first-order chi connectivity index (χ1) is 1.41. The van der Waals surface area contributed by atoms with E-state index in [1.165, 1.54) is 0 Å². The van der Waals surface area contributed by atoms with Crippen LogP contribution in [0.15, 0.2) is 0 Å². The number of hydrogen-bond donors (Lipinski definition) is 1. The third kappa shape index (κ3) is 77.8. The van der Waals surface area contributed by atoms with Gasteiger partial charge in [0.05, 0.1) is 0 Å². The Balaban J connectivity index is -0.0000000200. The summed E-state index contributed by atoms with van der Waals surface area (Å²) in [5, 5.41) is 8.38. The summed E-state index contributed by atoms with van der Waals surface area (Å²) in [6.07, 6.45) is 0. The van der Waals surface area contributed by atoms with E-state index in [0.29, 0.717) is 0 Å². The molecule has 0 radical (unpaired) electrons. The Labute approximate surface area is 54.7 Å². The van der Waals surface area contributed by atoms with Crippen molar-refractivity contribution in [1.29, 1.82) is 0 Å². The van der Waals surface area contributed by atoms with Crippen LogP contribution >= 0.6 is 0 Å². The molecule has 1 N–H and O–H groups in total. The molecule has 0 saturated heterocycles. The molecule has 0 spiro atoms. The molecule has 0 aliphatic heterocycles. The van der Waals surface area contributed by atoms with Crippen molar-refractivity contribution in [2.75, 3.05) is 0 Å². The third-order valence-corrected chi connectivity index (χ3v) is 0. The summed E-state index contributed by atoms with van der Waals surface area (Å²) in [7, 11) is 0. The molecule has 0 fully saturated rings. The van der Waals surface area contributed by atoms with Gasteiger partial charge < -0.3 is 0 Å². The maximum atomic E-state index is 8.12. The molecule has 0 aliphatic rings. The van der Waals surface area contributed by atoms with Crippen molar-refractivity contribution in [2.45, 2.75) is 0 Å². The zero-order valence-electron chi connectivity index (χ0n) is 1.82. The van der Waals surface area contributed by atoms with Crippen molar-refractivity contribution >= 4 is 17.4 Å². The zero-order chi connectivity index (χ0) is 2.71. The van der Waals surface area contributed by atoms with E-state index in [0.717, 1.165) is 0 Å². The van der Waals surface area contributed by atoms with E-state index in [-0.39, 0.29) is 44.4 Å². The van der Waals surface area contributed by atoms with Crippen LogP contribution in [0.4, 0.5) is 0 Å². The number of rotatable bonds is 0. The van der Waals surface area contributed by atoms with Crippen LogP contribution in [0.5, 0.6) is 0 Å². The van der Waals surface area contributed by atoms with Gasteiger partial charge in [-0.1, -0.05) is 0 Å². The van der Waals surface area contributed by atoms with Crippen LogP contribution < -0.4 is 5.34 Å². The minimum atomic E-state index is 0. The average Bonchev–Trinajstić information content (AvgIpc) is 0.918. The second-order valence-electron chi connectivity index (χ2n) is 0.0833. The fourth-order valence-corrected chi connectivity index (χ4v) is 0. The standard InChI is InChI=1S/Al.HNO2.Ti.3H/c;2-1-3;;;;/h;1H;;;;. The summed E-state index contributed by atoms with van der Waals surface area (Å²) in [4.78, 5) is 8.12. The van der Waals surface area contributed by atoms with Gasteiger partial charge in [-0.2, -0.15) is 0 Å². The van der Waals surface area contributed by atoms with Crippen LogP contribution in [0.2, 0.25) is 0 Å². The van der Waals surface area contributed by atoms with Crippen molar-refractivity contribution in [2.24, 2.45) is 0 Å². The molecular formula is H4AlNO2Ti. The molecular weight excluding hydrogens is 121 g/mol. The van der Waals surface area contributed by atoms with E-state index in [1.54, 1.807) is 0 Å². The van der Waals surface area contributed by atoms with Crippen molar-refractivity contribution in [3.05, 3.63) is 10.1 Å². The van der Waals surface area contributed by atoms with Gasteiger partial charge in [-0.15, -0.1) is 0 Å². The molecule has 5 heteroatoms. The fourth-order valence-electron chi connectivity index (χ4n) is 0. The number of hydrogen-bond acceptors (Lipinski definition) is 2. The van der Waals surface area contributed by atoms with Gasteiger partial charge in [0.15, 0.2) is 17.4 Å². The first-order valence-corrected chi connectivity index (χ1v) is 0.408. The summed E-state index contributed by atoms with van der Waals surface area (Å²) < 4.78 is 0. The van der Waals surface area contributed by atoms with Gasteiger partial charge in [0.25, 0.3) is 0 Å². The predicted octanol–water partition coefficient (Wildman–Crippen LogP) is -2.86. The Morgan fingerprint density at radius 1 is 1.60 bits per heavy atom. The molecule has 0 saturated carbocycles. The van der Waals surface area contributed by atoms with Crippen LogP contribution in [0.3, 0.4) is 0 Å². The second kappa shape index (κ2) is 22.8. The van der Waals surface area contributed by atoms with E-state index in [2.05, 4.69) is 0 Å². The maximum absolute atomic E-state index is 8.12. The normalized spacial score (nSPS) is 2.40. The van der Waals surface area contributed by atoms with Crippen LogP contribution in [-0.2, 0) is 21.7 Å². The zero-order valence-corrected chi connectivity index (χ0v) is 3.38. The average molecular weight is 125 g/mol. The SMILES string of the molecule is O=[NH+][O-].[AlH3].[Ti]. The first kappa shape index (κ1) is 17.4. The van der Waals surface area contributed by atoms with E-state index < -0.39 is 0 Å². The third-order valence-electron chi connectivity index (χ3n) is 0. The van der Waals surface area contributed by atoms with Gasteiger partial charge in [-0.3, -0.25) is 10.1 Å². The molecule has 0 amide bonds. The van der Waals surface area contributed by atoms with Gasteiger partial charge in [0.1, 0.15) is 0 Å². The van der Waals surface area contributed by atoms with E-state index in [4.69, 9.17) is 10.1 Å². The van der Waals surface area contributed by atoms with Crippen molar-refractivity contribution in [3.8, 4) is 0 Å². The summed E-state index contributed by atoms with van der Waals surface area (Å²) in [6.45, 7) is 0. The van der Waals surface area contributed by atoms with Gasteiger partial charge in [0.2, 0.25) is 0 Å². The summed E-state index contributed by atoms with van der Waals surface area (Å²) in [5.41, 5.74) is 0. The molecule has 0 unspecified atom stereocenters. The van der Waals surface area contributed by atoms with Crippen molar-refractivity contribution < 1.29 is 27.1 Å². The molecule has 3 nitrogen and oxygen atoms in total. The summed E-state index contributed by atoms with van der Waals surface area (Å²) in [6, 6.07) is 0. The van der Waals surface area contributed by atoms with Crippen LogP contribution in [0, 0.1) is 10.1 Å². The Kier molecular flexibility index (Phi) is 79.3. The molecule has 0 aliphatic carbocycles. The Morgan fingerprint density at radius 2 is 1.60 bits per heavy atom. The van der Waals surface area contributed by atoms with E-state index in [1.807, 2.05) is 0 Å². The molecule has 0 rings (SSSR count). The van der Waals surface area contributed by atoms with Crippen LogP contribution in [-0.4, -0.2) is 17.4 Å². The van der Waals surface area contributed by atoms with E-state index in [9.17, 15) is 0 Å². The van der Waals surface area contributed by atoms with Crippen LogP contribution in [0.25, 0.3) is 0 Å². The monoisotopic (exact) mass is 125 g/mol. The Bertz CT molecular complexity index is 17.1. The first-order valence-electron chi connectivity index (χ1n) is 0.408. The smallest absolute Gasteiger partial charge is 0.187 e. The van der Waals surface area contributed by atoms with Gasteiger partial charge in [-0.25, -0.2) is 0 Å².